The van der Waals surface area contributed by atoms with Gasteiger partial charge in [0.1, 0.15) is 5.82 Å². The molecule has 0 spiro atoms. The Labute approximate surface area is 141 Å². The van der Waals surface area contributed by atoms with Crippen LogP contribution in [0.2, 0.25) is 0 Å². The summed E-state index contributed by atoms with van der Waals surface area (Å²) in [5.74, 6) is 0.941. The summed E-state index contributed by atoms with van der Waals surface area (Å²) in [5.41, 5.74) is 4.24. The fourth-order valence-electron chi connectivity index (χ4n) is 3.37. The standard InChI is InChI=1S/C20H19N3O/c1-14(24)21-19-16-9-5-6-10-18(16)22-20-17(19)11-12-23(20)13-15-7-3-2-4-8-15/h2-10H,11-13H2,1H3,(H,21,22,24). The maximum absolute atomic E-state index is 11.7. The zero-order chi connectivity index (χ0) is 16.5. The van der Waals surface area contributed by atoms with Gasteiger partial charge in [-0.25, -0.2) is 4.98 Å². The second-order valence-electron chi connectivity index (χ2n) is 6.14. The van der Waals surface area contributed by atoms with E-state index in [0.29, 0.717) is 0 Å². The number of hydrogen-bond donors (Lipinski definition) is 1. The number of hydrogen-bond acceptors (Lipinski definition) is 3. The molecule has 2 aromatic carbocycles. The van der Waals surface area contributed by atoms with Gasteiger partial charge in [0.2, 0.25) is 5.91 Å². The SMILES string of the molecule is CC(=O)Nc1c2c(nc3ccccc13)N(Cc1ccccc1)CC2. The van der Waals surface area contributed by atoms with E-state index in [2.05, 4.69) is 34.5 Å². The highest BCUT2D eigenvalue weighted by Crippen LogP contribution is 2.37. The molecule has 1 aliphatic rings. The predicted molar refractivity (Wildman–Crippen MR) is 97.2 cm³/mol. The molecule has 24 heavy (non-hydrogen) atoms. The number of pyridine rings is 1. The van der Waals surface area contributed by atoms with E-state index in [4.69, 9.17) is 4.98 Å². The fourth-order valence-corrected chi connectivity index (χ4v) is 3.37. The lowest BCUT2D eigenvalue weighted by molar-refractivity contribution is -0.114. The first-order valence-corrected chi connectivity index (χ1v) is 8.20. The number of rotatable bonds is 3. The monoisotopic (exact) mass is 317 g/mol. The number of nitrogens with one attached hydrogen (secondary N) is 1. The minimum atomic E-state index is -0.0462. The van der Waals surface area contributed by atoms with Crippen LogP contribution in [0.4, 0.5) is 11.5 Å². The van der Waals surface area contributed by atoms with Crippen LogP contribution < -0.4 is 10.2 Å². The van der Waals surface area contributed by atoms with Crippen LogP contribution in [0.5, 0.6) is 0 Å². The van der Waals surface area contributed by atoms with Gasteiger partial charge in [-0.15, -0.1) is 0 Å². The molecule has 1 amide bonds. The van der Waals surface area contributed by atoms with Crippen LogP contribution in [0.25, 0.3) is 10.9 Å². The van der Waals surface area contributed by atoms with Crippen molar-refractivity contribution in [2.24, 2.45) is 0 Å². The van der Waals surface area contributed by atoms with Crippen molar-refractivity contribution in [3.8, 4) is 0 Å². The van der Waals surface area contributed by atoms with Crippen molar-refractivity contribution >= 4 is 28.3 Å². The fraction of sp³-hybridized carbons (Fsp3) is 0.200. The van der Waals surface area contributed by atoms with Crippen LogP contribution in [-0.2, 0) is 17.8 Å². The number of aromatic nitrogens is 1. The average molecular weight is 317 g/mol. The Balaban J connectivity index is 1.80. The lowest BCUT2D eigenvalue weighted by Crippen LogP contribution is -2.20. The third-order valence-electron chi connectivity index (χ3n) is 4.42. The minimum absolute atomic E-state index is 0.0462. The molecule has 0 unspecified atom stereocenters. The van der Waals surface area contributed by atoms with Crippen LogP contribution >= 0.6 is 0 Å². The van der Waals surface area contributed by atoms with Crippen molar-refractivity contribution in [1.82, 2.24) is 4.98 Å². The van der Waals surface area contributed by atoms with Crippen LogP contribution in [0.15, 0.2) is 54.6 Å². The van der Waals surface area contributed by atoms with Gasteiger partial charge in [-0.05, 0) is 18.1 Å². The number of carbonyl (C=O) groups excluding carboxylic acids is 1. The van der Waals surface area contributed by atoms with E-state index >= 15 is 0 Å². The van der Waals surface area contributed by atoms with Crippen molar-refractivity contribution in [3.05, 3.63) is 65.7 Å². The van der Waals surface area contributed by atoms with E-state index in [9.17, 15) is 4.79 Å². The van der Waals surface area contributed by atoms with Gasteiger partial charge in [0, 0.05) is 31.0 Å². The molecule has 4 rings (SSSR count). The molecule has 0 radical (unpaired) electrons. The molecule has 0 saturated heterocycles. The molecule has 2 heterocycles. The molecular weight excluding hydrogens is 298 g/mol. The second-order valence-corrected chi connectivity index (χ2v) is 6.14. The van der Waals surface area contributed by atoms with E-state index in [-0.39, 0.29) is 5.91 Å². The molecule has 1 aromatic heterocycles. The Kier molecular flexibility index (Phi) is 3.65. The van der Waals surface area contributed by atoms with Gasteiger partial charge in [-0.3, -0.25) is 4.79 Å². The van der Waals surface area contributed by atoms with E-state index in [0.717, 1.165) is 47.5 Å². The summed E-state index contributed by atoms with van der Waals surface area (Å²) in [6.45, 7) is 3.30. The van der Waals surface area contributed by atoms with Crippen LogP contribution in [-0.4, -0.2) is 17.4 Å². The maximum Gasteiger partial charge on any atom is 0.221 e. The first-order valence-electron chi connectivity index (χ1n) is 8.20. The van der Waals surface area contributed by atoms with Crippen molar-refractivity contribution in [1.29, 1.82) is 0 Å². The highest BCUT2D eigenvalue weighted by atomic mass is 16.1. The van der Waals surface area contributed by atoms with Crippen molar-refractivity contribution in [2.45, 2.75) is 19.9 Å². The summed E-state index contributed by atoms with van der Waals surface area (Å²) in [4.78, 5) is 18.9. The molecular formula is C20H19N3O. The van der Waals surface area contributed by atoms with E-state index in [1.54, 1.807) is 6.92 Å². The topological polar surface area (TPSA) is 45.2 Å². The van der Waals surface area contributed by atoms with Crippen LogP contribution in [0, 0.1) is 0 Å². The number of benzene rings is 2. The van der Waals surface area contributed by atoms with Gasteiger partial charge in [0.15, 0.2) is 0 Å². The number of carbonyl (C=O) groups is 1. The van der Waals surface area contributed by atoms with E-state index in [1.165, 1.54) is 5.56 Å². The molecule has 4 heteroatoms. The minimum Gasteiger partial charge on any atom is -0.352 e. The zero-order valence-electron chi connectivity index (χ0n) is 13.6. The van der Waals surface area contributed by atoms with Crippen molar-refractivity contribution in [2.75, 3.05) is 16.8 Å². The van der Waals surface area contributed by atoms with Gasteiger partial charge in [-0.2, -0.15) is 0 Å². The van der Waals surface area contributed by atoms with Gasteiger partial charge >= 0.3 is 0 Å². The molecule has 0 bridgehead atoms. The highest BCUT2D eigenvalue weighted by Gasteiger charge is 2.26. The Hall–Kier alpha value is -2.88. The number of anilines is 2. The molecule has 0 atom stereocenters. The number of para-hydroxylation sites is 1. The summed E-state index contributed by atoms with van der Waals surface area (Å²) < 4.78 is 0. The summed E-state index contributed by atoms with van der Waals surface area (Å²) in [5, 5.41) is 4.03. The summed E-state index contributed by atoms with van der Waals surface area (Å²) in [7, 11) is 0. The predicted octanol–water partition coefficient (Wildman–Crippen LogP) is 3.76. The van der Waals surface area contributed by atoms with Crippen LogP contribution in [0.3, 0.4) is 0 Å². The molecule has 1 aliphatic heterocycles. The highest BCUT2D eigenvalue weighted by molar-refractivity contribution is 6.03. The first kappa shape index (κ1) is 14.7. The lowest BCUT2D eigenvalue weighted by Gasteiger charge is -2.20. The van der Waals surface area contributed by atoms with Gasteiger partial charge < -0.3 is 10.2 Å². The Bertz CT molecular complexity index is 905. The third-order valence-corrected chi connectivity index (χ3v) is 4.42. The lowest BCUT2D eigenvalue weighted by atomic mass is 10.1. The van der Waals surface area contributed by atoms with Gasteiger partial charge in [0.25, 0.3) is 0 Å². The quantitative estimate of drug-likeness (QED) is 0.800. The van der Waals surface area contributed by atoms with Crippen LogP contribution in [0.1, 0.15) is 18.1 Å². The smallest absolute Gasteiger partial charge is 0.221 e. The van der Waals surface area contributed by atoms with Crippen molar-refractivity contribution in [3.63, 3.8) is 0 Å². The molecule has 120 valence electrons. The van der Waals surface area contributed by atoms with Gasteiger partial charge in [0.05, 0.1) is 11.2 Å². The first-order chi connectivity index (χ1) is 11.7. The normalized spacial score (nSPS) is 13.1. The summed E-state index contributed by atoms with van der Waals surface area (Å²) >= 11 is 0. The molecule has 3 aromatic rings. The summed E-state index contributed by atoms with van der Waals surface area (Å²) in [6, 6.07) is 18.4. The number of amides is 1. The summed E-state index contributed by atoms with van der Waals surface area (Å²) in [6.07, 6.45) is 0.898. The molecule has 1 N–H and O–H groups in total. The van der Waals surface area contributed by atoms with E-state index in [1.807, 2.05) is 30.3 Å². The van der Waals surface area contributed by atoms with Crippen molar-refractivity contribution < 1.29 is 4.79 Å². The zero-order valence-corrected chi connectivity index (χ0v) is 13.6. The molecule has 0 aliphatic carbocycles. The molecule has 4 nitrogen and oxygen atoms in total. The van der Waals surface area contributed by atoms with E-state index < -0.39 is 0 Å². The Morgan fingerprint density at radius 3 is 2.67 bits per heavy atom. The number of nitrogens with zero attached hydrogens (tertiary/aromatic N) is 2. The molecule has 0 saturated carbocycles. The maximum atomic E-state index is 11.7. The second kappa shape index (κ2) is 5.96. The Morgan fingerprint density at radius 2 is 1.88 bits per heavy atom. The third kappa shape index (κ3) is 2.60. The van der Waals surface area contributed by atoms with Gasteiger partial charge in [-0.1, -0.05) is 48.5 Å². The Morgan fingerprint density at radius 1 is 1.12 bits per heavy atom. The number of fused-ring (bicyclic) bond motifs is 2. The molecule has 0 fully saturated rings. The largest absolute Gasteiger partial charge is 0.352 e. The average Bonchev–Trinajstić information content (AvgIpc) is 2.98.